The van der Waals surface area contributed by atoms with Crippen LogP contribution >= 0.6 is 0 Å². The van der Waals surface area contributed by atoms with Gasteiger partial charge in [-0.3, -0.25) is 9.59 Å². The summed E-state index contributed by atoms with van der Waals surface area (Å²) in [6, 6.07) is 0. The minimum Gasteiger partial charge on any atom is -0.481 e. The van der Waals surface area contributed by atoms with Gasteiger partial charge in [-0.05, 0) is 24.7 Å². The highest BCUT2D eigenvalue weighted by molar-refractivity contribution is 5.66. The van der Waals surface area contributed by atoms with Crippen LogP contribution in [0.3, 0.4) is 0 Å². The smallest absolute Gasteiger partial charge is 0.303 e. The number of hydrogen-bond donors (Lipinski definition) is 4. The SMILES string of the molecule is CC(C)CCCCC(=O)O.CC(C)CCCCC(=O)O.OCCO. The van der Waals surface area contributed by atoms with Gasteiger partial charge in [0.2, 0.25) is 0 Å². The van der Waals surface area contributed by atoms with Crippen molar-refractivity contribution in [2.24, 2.45) is 11.8 Å². The summed E-state index contributed by atoms with van der Waals surface area (Å²) in [6.07, 6.45) is 6.69. The maximum absolute atomic E-state index is 10.0. The molecule has 146 valence electrons. The van der Waals surface area contributed by atoms with E-state index < -0.39 is 11.9 Å². The van der Waals surface area contributed by atoms with Gasteiger partial charge in [0.15, 0.2) is 0 Å². The Morgan fingerprint density at radius 3 is 1.12 bits per heavy atom. The summed E-state index contributed by atoms with van der Waals surface area (Å²) in [5, 5.41) is 31.8. The third-order valence-corrected chi connectivity index (χ3v) is 2.94. The zero-order valence-corrected chi connectivity index (χ0v) is 15.8. The van der Waals surface area contributed by atoms with Crippen LogP contribution in [0.4, 0.5) is 0 Å². The lowest BCUT2D eigenvalue weighted by Gasteiger charge is -2.01. The standard InChI is InChI=1S/2C8H16O2.C2H6O2/c2*1-7(2)5-3-4-6-8(9)10;3-1-2-4/h2*7H,3-6H2,1-2H3,(H,9,10);3-4H,1-2H2. The van der Waals surface area contributed by atoms with Gasteiger partial charge in [0, 0.05) is 12.8 Å². The lowest BCUT2D eigenvalue weighted by atomic mass is 10.1. The van der Waals surface area contributed by atoms with E-state index in [9.17, 15) is 9.59 Å². The van der Waals surface area contributed by atoms with Crippen LogP contribution < -0.4 is 0 Å². The van der Waals surface area contributed by atoms with Crippen molar-refractivity contribution in [1.29, 1.82) is 0 Å². The topological polar surface area (TPSA) is 115 Å². The van der Waals surface area contributed by atoms with Crippen molar-refractivity contribution in [2.75, 3.05) is 13.2 Å². The van der Waals surface area contributed by atoms with Crippen LogP contribution in [0.15, 0.2) is 0 Å². The van der Waals surface area contributed by atoms with E-state index >= 15 is 0 Å². The molecular formula is C18H38O6. The fourth-order valence-electron chi connectivity index (χ4n) is 1.66. The average Bonchev–Trinajstić information content (AvgIpc) is 2.48. The molecule has 0 atom stereocenters. The number of carboxylic acids is 2. The number of aliphatic carboxylic acids is 2. The molecule has 0 rings (SSSR count). The molecule has 0 unspecified atom stereocenters. The second-order valence-electron chi connectivity index (χ2n) is 6.51. The summed E-state index contributed by atoms with van der Waals surface area (Å²) >= 11 is 0. The molecule has 0 heterocycles. The van der Waals surface area contributed by atoms with Crippen molar-refractivity contribution >= 4 is 11.9 Å². The predicted octanol–water partition coefficient (Wildman–Crippen LogP) is 3.55. The van der Waals surface area contributed by atoms with Gasteiger partial charge in [-0.2, -0.15) is 0 Å². The van der Waals surface area contributed by atoms with E-state index in [1.807, 2.05) is 0 Å². The molecule has 0 radical (unpaired) electrons. The van der Waals surface area contributed by atoms with Gasteiger partial charge in [0.05, 0.1) is 13.2 Å². The first kappa shape index (κ1) is 27.7. The number of aliphatic hydroxyl groups excluding tert-OH is 2. The lowest BCUT2D eigenvalue weighted by molar-refractivity contribution is -0.138. The highest BCUT2D eigenvalue weighted by Gasteiger charge is 1.98. The van der Waals surface area contributed by atoms with Gasteiger partial charge in [0.25, 0.3) is 0 Å². The lowest BCUT2D eigenvalue weighted by Crippen LogP contribution is -1.94. The molecule has 0 saturated carbocycles. The van der Waals surface area contributed by atoms with Gasteiger partial charge in [-0.15, -0.1) is 0 Å². The van der Waals surface area contributed by atoms with Crippen molar-refractivity contribution in [3.8, 4) is 0 Å². The van der Waals surface area contributed by atoms with Crippen molar-refractivity contribution in [2.45, 2.75) is 79.1 Å². The van der Waals surface area contributed by atoms with Crippen molar-refractivity contribution in [1.82, 2.24) is 0 Å². The highest BCUT2D eigenvalue weighted by Crippen LogP contribution is 2.08. The van der Waals surface area contributed by atoms with Crippen molar-refractivity contribution < 1.29 is 30.0 Å². The summed E-state index contributed by atoms with van der Waals surface area (Å²) in [5.74, 6) is 0.0510. The Labute approximate surface area is 146 Å². The second-order valence-corrected chi connectivity index (χ2v) is 6.51. The van der Waals surface area contributed by atoms with Gasteiger partial charge in [-0.25, -0.2) is 0 Å². The average molecular weight is 350 g/mol. The van der Waals surface area contributed by atoms with Gasteiger partial charge in [-0.1, -0.05) is 53.4 Å². The number of carbonyl (C=O) groups is 2. The third kappa shape index (κ3) is 42.8. The summed E-state index contributed by atoms with van der Waals surface area (Å²) in [5.41, 5.74) is 0. The van der Waals surface area contributed by atoms with E-state index in [4.69, 9.17) is 20.4 Å². The quantitative estimate of drug-likeness (QED) is 0.424. The van der Waals surface area contributed by atoms with Crippen LogP contribution in [0, 0.1) is 11.8 Å². The molecule has 0 amide bonds. The fraction of sp³-hybridized carbons (Fsp3) is 0.889. The van der Waals surface area contributed by atoms with Crippen LogP contribution in [0.25, 0.3) is 0 Å². The van der Waals surface area contributed by atoms with E-state index in [0.29, 0.717) is 24.7 Å². The zero-order chi connectivity index (χ0) is 19.4. The number of aliphatic hydroxyl groups is 2. The molecule has 24 heavy (non-hydrogen) atoms. The maximum atomic E-state index is 10.0. The molecule has 0 aromatic carbocycles. The molecule has 0 aromatic rings. The molecule has 4 N–H and O–H groups in total. The van der Waals surface area contributed by atoms with E-state index in [1.165, 1.54) is 0 Å². The van der Waals surface area contributed by atoms with E-state index in [-0.39, 0.29) is 13.2 Å². The van der Waals surface area contributed by atoms with E-state index in [2.05, 4.69) is 27.7 Å². The zero-order valence-electron chi connectivity index (χ0n) is 15.8. The van der Waals surface area contributed by atoms with Gasteiger partial charge < -0.3 is 20.4 Å². The van der Waals surface area contributed by atoms with E-state index in [0.717, 1.165) is 38.5 Å². The summed E-state index contributed by atoms with van der Waals surface area (Å²) in [4.78, 5) is 20.1. The normalized spacial score (nSPS) is 9.83. The Morgan fingerprint density at radius 1 is 0.667 bits per heavy atom. The monoisotopic (exact) mass is 350 g/mol. The Balaban J connectivity index is -0.000000301. The molecule has 0 spiro atoms. The van der Waals surface area contributed by atoms with Crippen molar-refractivity contribution in [3.63, 3.8) is 0 Å². The summed E-state index contributed by atoms with van der Waals surface area (Å²) in [7, 11) is 0. The highest BCUT2D eigenvalue weighted by atomic mass is 16.4. The van der Waals surface area contributed by atoms with Crippen LogP contribution in [0.1, 0.15) is 79.1 Å². The number of hydrogen-bond acceptors (Lipinski definition) is 4. The first-order chi connectivity index (χ1) is 11.2. The predicted molar refractivity (Wildman–Crippen MR) is 96.1 cm³/mol. The Hall–Kier alpha value is -1.14. The van der Waals surface area contributed by atoms with Gasteiger partial charge >= 0.3 is 11.9 Å². The molecule has 0 fully saturated rings. The maximum Gasteiger partial charge on any atom is 0.303 e. The minimum absolute atomic E-state index is 0.125. The minimum atomic E-state index is -0.677. The number of carboxylic acid groups (broad SMARTS) is 2. The largest absolute Gasteiger partial charge is 0.481 e. The molecule has 0 aliphatic rings. The first-order valence-corrected chi connectivity index (χ1v) is 8.82. The van der Waals surface area contributed by atoms with Crippen LogP contribution in [-0.4, -0.2) is 45.6 Å². The van der Waals surface area contributed by atoms with E-state index in [1.54, 1.807) is 0 Å². The molecule has 6 nitrogen and oxygen atoms in total. The van der Waals surface area contributed by atoms with Gasteiger partial charge in [0.1, 0.15) is 0 Å². The first-order valence-electron chi connectivity index (χ1n) is 8.82. The molecule has 0 saturated heterocycles. The Bertz CT molecular complexity index is 249. The molecular weight excluding hydrogens is 312 g/mol. The molecule has 0 aliphatic heterocycles. The molecule has 6 heteroatoms. The number of rotatable bonds is 11. The number of unbranched alkanes of at least 4 members (excludes halogenated alkanes) is 2. The molecule has 0 aliphatic carbocycles. The van der Waals surface area contributed by atoms with Crippen molar-refractivity contribution in [3.05, 3.63) is 0 Å². The van der Waals surface area contributed by atoms with Crippen LogP contribution in [0.5, 0.6) is 0 Å². The fourth-order valence-corrected chi connectivity index (χ4v) is 1.66. The third-order valence-electron chi connectivity index (χ3n) is 2.94. The second kappa shape index (κ2) is 21.9. The Morgan fingerprint density at radius 2 is 0.958 bits per heavy atom. The van der Waals surface area contributed by atoms with Crippen LogP contribution in [-0.2, 0) is 9.59 Å². The molecule has 0 bridgehead atoms. The Kier molecular flexibility index (Phi) is 25.2. The molecule has 0 aromatic heterocycles. The summed E-state index contributed by atoms with van der Waals surface area (Å²) < 4.78 is 0. The van der Waals surface area contributed by atoms with Crippen LogP contribution in [0.2, 0.25) is 0 Å². The summed E-state index contributed by atoms with van der Waals surface area (Å²) in [6.45, 7) is 8.36.